The van der Waals surface area contributed by atoms with Crippen LogP contribution in [0, 0.1) is 0 Å². The van der Waals surface area contributed by atoms with Gasteiger partial charge in [-0.25, -0.2) is 0 Å². The van der Waals surface area contributed by atoms with Gasteiger partial charge in [-0.05, 0) is 65.6 Å². The van der Waals surface area contributed by atoms with Gasteiger partial charge >= 0.3 is 0 Å². The molecule has 2 heteroatoms. The van der Waals surface area contributed by atoms with E-state index in [1.54, 1.807) is 0 Å². The van der Waals surface area contributed by atoms with Crippen molar-refractivity contribution in [2.24, 2.45) is 0 Å². The maximum atomic E-state index is 2.52. The maximum Gasteiger partial charge on any atom is 0.210 e. The summed E-state index contributed by atoms with van der Waals surface area (Å²) in [6.45, 7) is 20.7. The summed E-state index contributed by atoms with van der Waals surface area (Å²) >= 11 is 0. The molecule has 0 atom stereocenters. The highest BCUT2D eigenvalue weighted by molar-refractivity contribution is 6.07. The summed E-state index contributed by atoms with van der Waals surface area (Å²) in [5, 5.41) is 5.32. The van der Waals surface area contributed by atoms with Crippen LogP contribution in [-0.4, -0.2) is 23.9 Å². The van der Waals surface area contributed by atoms with Crippen LogP contribution in [0.4, 0.5) is 11.4 Å². The van der Waals surface area contributed by atoms with Crippen molar-refractivity contribution in [3.63, 3.8) is 0 Å². The van der Waals surface area contributed by atoms with Crippen molar-refractivity contribution in [2.45, 2.75) is 79.6 Å². The van der Waals surface area contributed by atoms with Gasteiger partial charge in [-0.1, -0.05) is 133 Å². The zero-order valence-electron chi connectivity index (χ0n) is 29.3. The monoisotopic (exact) mass is 597 g/mol. The molecule has 45 heavy (non-hydrogen) atoms. The molecule has 2 heterocycles. The van der Waals surface area contributed by atoms with Gasteiger partial charge in [-0.15, -0.1) is 0 Å². The minimum Gasteiger partial charge on any atom is -0.344 e. The van der Waals surface area contributed by atoms with E-state index < -0.39 is 0 Å². The van der Waals surface area contributed by atoms with Crippen molar-refractivity contribution in [3.05, 3.63) is 132 Å². The molecule has 0 saturated carbocycles. The molecule has 0 bridgehead atoms. The Morgan fingerprint density at radius 2 is 1.20 bits per heavy atom. The smallest absolute Gasteiger partial charge is 0.210 e. The molecule has 0 fully saturated rings. The molecule has 6 rings (SSSR count). The SMILES string of the molecule is CC.CC.CCCN1/C(=C/C=C/C=C/C=C/C2=[N+](C)c3ccc4ccccc4c3C2(C)C)C(C)(C)c2c1ccc1ccccc21. The number of fused-ring (bicyclic) bond motifs is 6. The van der Waals surface area contributed by atoms with E-state index in [2.05, 4.69) is 166 Å². The Kier molecular flexibility index (Phi) is 10.7. The lowest BCUT2D eigenvalue weighted by molar-refractivity contribution is -0.401. The van der Waals surface area contributed by atoms with Crippen molar-refractivity contribution in [3.8, 4) is 0 Å². The first-order valence-electron chi connectivity index (χ1n) is 16.9. The van der Waals surface area contributed by atoms with Crippen molar-refractivity contribution in [2.75, 3.05) is 18.5 Å². The van der Waals surface area contributed by atoms with E-state index in [0.717, 1.165) is 13.0 Å². The Balaban J connectivity index is 0.00000111. The van der Waals surface area contributed by atoms with Crippen LogP contribution < -0.4 is 4.90 Å². The summed E-state index contributed by atoms with van der Waals surface area (Å²) in [7, 11) is 2.18. The average Bonchev–Trinajstić information content (AvgIpc) is 3.40. The van der Waals surface area contributed by atoms with Gasteiger partial charge in [0.15, 0.2) is 5.71 Å². The summed E-state index contributed by atoms with van der Waals surface area (Å²) in [6.07, 6.45) is 16.5. The molecule has 4 aromatic rings. The molecule has 0 amide bonds. The van der Waals surface area contributed by atoms with E-state index in [1.165, 1.54) is 55.5 Å². The fourth-order valence-electron chi connectivity index (χ4n) is 7.18. The summed E-state index contributed by atoms with van der Waals surface area (Å²) < 4.78 is 2.35. The van der Waals surface area contributed by atoms with Gasteiger partial charge in [-0.3, -0.25) is 0 Å². The summed E-state index contributed by atoms with van der Waals surface area (Å²) in [4.78, 5) is 2.52. The average molecular weight is 598 g/mol. The Morgan fingerprint density at radius 1 is 0.644 bits per heavy atom. The third-order valence-electron chi connectivity index (χ3n) is 9.05. The van der Waals surface area contributed by atoms with E-state index in [0.29, 0.717) is 0 Å². The van der Waals surface area contributed by atoms with E-state index in [-0.39, 0.29) is 10.8 Å². The molecule has 234 valence electrons. The highest BCUT2D eigenvalue weighted by Crippen LogP contribution is 2.50. The van der Waals surface area contributed by atoms with Crippen LogP contribution in [0.25, 0.3) is 21.5 Å². The zero-order chi connectivity index (χ0) is 32.8. The van der Waals surface area contributed by atoms with Crippen LogP contribution in [0.3, 0.4) is 0 Å². The third-order valence-corrected chi connectivity index (χ3v) is 9.05. The van der Waals surface area contributed by atoms with Crippen LogP contribution in [-0.2, 0) is 10.8 Å². The molecule has 0 unspecified atom stereocenters. The van der Waals surface area contributed by atoms with E-state index in [9.17, 15) is 0 Å². The zero-order valence-corrected chi connectivity index (χ0v) is 29.3. The van der Waals surface area contributed by atoms with Gasteiger partial charge in [-0.2, -0.15) is 4.58 Å². The minimum atomic E-state index is -0.0640. The van der Waals surface area contributed by atoms with Crippen molar-refractivity contribution >= 4 is 38.6 Å². The van der Waals surface area contributed by atoms with Gasteiger partial charge in [0, 0.05) is 41.1 Å². The summed E-state index contributed by atoms with van der Waals surface area (Å²) in [5.41, 5.74) is 8.05. The topological polar surface area (TPSA) is 6.25 Å². The highest BCUT2D eigenvalue weighted by Gasteiger charge is 2.44. The predicted octanol–water partition coefficient (Wildman–Crippen LogP) is 11.8. The first-order chi connectivity index (χ1) is 21.8. The van der Waals surface area contributed by atoms with Gasteiger partial charge in [0.1, 0.15) is 7.05 Å². The van der Waals surface area contributed by atoms with Gasteiger partial charge < -0.3 is 4.90 Å². The second kappa shape index (κ2) is 14.3. The number of hydrogen-bond acceptors (Lipinski definition) is 1. The number of benzene rings is 4. The molecular formula is C43H53N2+. The largest absolute Gasteiger partial charge is 0.344 e. The van der Waals surface area contributed by atoms with E-state index >= 15 is 0 Å². The molecular weight excluding hydrogens is 544 g/mol. The summed E-state index contributed by atoms with van der Waals surface area (Å²) in [6, 6.07) is 26.6. The van der Waals surface area contributed by atoms with Crippen molar-refractivity contribution in [1.82, 2.24) is 0 Å². The van der Waals surface area contributed by atoms with Gasteiger partial charge in [0.2, 0.25) is 5.69 Å². The number of nitrogens with zero attached hydrogens (tertiary/aromatic N) is 2. The Bertz CT molecular complexity index is 1810. The van der Waals surface area contributed by atoms with Crippen LogP contribution in [0.2, 0.25) is 0 Å². The van der Waals surface area contributed by atoms with Crippen LogP contribution in [0.15, 0.2) is 121 Å². The fraction of sp³-hybridized carbons (Fsp3) is 0.326. The van der Waals surface area contributed by atoms with Crippen molar-refractivity contribution < 1.29 is 4.58 Å². The van der Waals surface area contributed by atoms with Crippen LogP contribution in [0.1, 0.15) is 79.9 Å². The second-order valence-electron chi connectivity index (χ2n) is 12.4. The van der Waals surface area contributed by atoms with E-state index in [4.69, 9.17) is 0 Å². The number of rotatable bonds is 6. The lowest BCUT2D eigenvalue weighted by Gasteiger charge is -2.26. The predicted molar refractivity (Wildman–Crippen MR) is 201 cm³/mol. The molecule has 0 aromatic heterocycles. The first kappa shape index (κ1) is 33.7. The van der Waals surface area contributed by atoms with E-state index in [1.807, 2.05) is 27.7 Å². The number of allylic oxidation sites excluding steroid dienone is 8. The Labute approximate surface area is 272 Å². The number of hydrogen-bond donors (Lipinski definition) is 0. The van der Waals surface area contributed by atoms with Crippen molar-refractivity contribution in [1.29, 1.82) is 0 Å². The highest BCUT2D eigenvalue weighted by atomic mass is 15.2. The summed E-state index contributed by atoms with van der Waals surface area (Å²) in [5.74, 6) is 0. The molecule has 4 aromatic carbocycles. The lowest BCUT2D eigenvalue weighted by Crippen LogP contribution is -2.26. The van der Waals surface area contributed by atoms with Gasteiger partial charge in [0.05, 0.1) is 5.41 Å². The molecule has 0 saturated heterocycles. The fourth-order valence-corrected chi connectivity index (χ4v) is 7.18. The minimum absolute atomic E-state index is 0.0617. The van der Waals surface area contributed by atoms with Gasteiger partial charge in [0.25, 0.3) is 0 Å². The Morgan fingerprint density at radius 3 is 1.84 bits per heavy atom. The lowest BCUT2D eigenvalue weighted by atomic mass is 9.79. The second-order valence-corrected chi connectivity index (χ2v) is 12.4. The number of anilines is 1. The molecule has 0 radical (unpaired) electrons. The molecule has 2 aliphatic rings. The van der Waals surface area contributed by atoms with Crippen LogP contribution in [0.5, 0.6) is 0 Å². The molecule has 2 nitrogen and oxygen atoms in total. The molecule has 0 N–H and O–H groups in total. The molecule has 2 aliphatic heterocycles. The molecule has 0 spiro atoms. The standard InChI is InChI=1S/C39H41N2.2C2H6/c1-7-27-41-33-26-24-29-18-14-16-20-31(29)37(33)39(4,5)35(41)22-12-10-8-9-11-21-34-38(2,3)36-30-19-15-13-17-28(30)23-25-32(36)40(34)6;2*1-2/h8-26H,7,27H2,1-6H3;2*1-2H3/q+1;;. The third kappa shape index (κ3) is 6.08. The normalized spacial score (nSPS) is 17.3. The van der Waals surface area contributed by atoms with Crippen LogP contribution >= 0.6 is 0 Å². The first-order valence-corrected chi connectivity index (χ1v) is 16.9. The quantitative estimate of drug-likeness (QED) is 0.158. The Hall–Kier alpha value is -4.17. The molecule has 0 aliphatic carbocycles. The maximum absolute atomic E-state index is 2.52.